The lowest BCUT2D eigenvalue weighted by atomic mass is 10.2. The molecule has 1 aliphatic heterocycles. The summed E-state index contributed by atoms with van der Waals surface area (Å²) in [6.45, 7) is 2.02. The summed E-state index contributed by atoms with van der Waals surface area (Å²) in [6, 6.07) is 11.3. The van der Waals surface area contributed by atoms with Crippen LogP contribution < -0.4 is 4.74 Å². The number of aliphatic hydroxyl groups excluding tert-OH is 2. The average molecular weight is 359 g/mol. The molecule has 2 aromatic rings. The van der Waals surface area contributed by atoms with Crippen LogP contribution in [0.5, 0.6) is 5.75 Å². The van der Waals surface area contributed by atoms with Crippen LogP contribution in [0.1, 0.15) is 36.8 Å². The van der Waals surface area contributed by atoms with Gasteiger partial charge < -0.3 is 19.8 Å². The van der Waals surface area contributed by atoms with Gasteiger partial charge in [-0.25, -0.2) is 0 Å². The summed E-state index contributed by atoms with van der Waals surface area (Å²) >= 11 is 0. The van der Waals surface area contributed by atoms with Crippen LogP contribution in [0, 0.1) is 0 Å². The number of aliphatic hydroxyl groups is 2. The molecule has 7 heteroatoms. The molecule has 1 aliphatic rings. The van der Waals surface area contributed by atoms with Gasteiger partial charge in [-0.15, -0.1) is 0 Å². The second kappa shape index (κ2) is 8.82. The molecule has 2 N–H and O–H groups in total. The Labute approximate surface area is 152 Å². The van der Waals surface area contributed by atoms with E-state index in [-0.39, 0.29) is 12.5 Å². The van der Waals surface area contributed by atoms with Crippen LogP contribution in [0.3, 0.4) is 0 Å². The van der Waals surface area contributed by atoms with Gasteiger partial charge in [0.25, 0.3) is 0 Å². The number of para-hydroxylation sites is 1. The molecule has 7 nitrogen and oxygen atoms in total. The van der Waals surface area contributed by atoms with Crippen molar-refractivity contribution in [3.05, 3.63) is 47.8 Å². The van der Waals surface area contributed by atoms with Crippen LogP contribution in [-0.4, -0.2) is 50.6 Å². The number of amides is 1. The fraction of sp³-hybridized carbons (Fsp3) is 0.474. The van der Waals surface area contributed by atoms with E-state index in [1.807, 2.05) is 39.9 Å². The van der Waals surface area contributed by atoms with Gasteiger partial charge in [-0.05, 0) is 31.0 Å². The molecule has 3 rings (SSSR count). The number of nitrogens with zero attached hydrogens (tertiary/aromatic N) is 3. The molecular weight excluding hydrogens is 334 g/mol. The van der Waals surface area contributed by atoms with Crippen LogP contribution in [0.25, 0.3) is 0 Å². The third kappa shape index (κ3) is 4.62. The number of hydrogen-bond donors (Lipinski definition) is 2. The second-order valence-corrected chi connectivity index (χ2v) is 6.42. The highest BCUT2D eigenvalue weighted by atomic mass is 16.5. The normalized spacial score (nSPS) is 15.2. The van der Waals surface area contributed by atoms with Gasteiger partial charge in [0.1, 0.15) is 11.9 Å². The van der Waals surface area contributed by atoms with Gasteiger partial charge in [-0.1, -0.05) is 18.2 Å². The van der Waals surface area contributed by atoms with Crippen molar-refractivity contribution in [2.75, 3.05) is 19.8 Å². The number of aryl methyl sites for hydroxylation is 1. The van der Waals surface area contributed by atoms with Gasteiger partial charge in [0.05, 0.1) is 31.1 Å². The highest BCUT2D eigenvalue weighted by Crippen LogP contribution is 2.19. The van der Waals surface area contributed by atoms with E-state index in [0.29, 0.717) is 44.8 Å². The maximum Gasteiger partial charge on any atom is 0.223 e. The molecule has 1 atom stereocenters. The Hall–Kier alpha value is -2.38. The second-order valence-electron chi connectivity index (χ2n) is 6.42. The van der Waals surface area contributed by atoms with E-state index < -0.39 is 6.10 Å². The molecule has 1 aromatic heterocycles. The molecule has 140 valence electrons. The van der Waals surface area contributed by atoms with Crippen molar-refractivity contribution in [2.45, 2.75) is 38.5 Å². The molecule has 1 amide bonds. The van der Waals surface area contributed by atoms with Gasteiger partial charge in [-0.3, -0.25) is 9.48 Å². The molecule has 0 aliphatic carbocycles. The molecule has 0 spiro atoms. The third-order valence-corrected chi connectivity index (χ3v) is 4.45. The van der Waals surface area contributed by atoms with Gasteiger partial charge >= 0.3 is 0 Å². The largest absolute Gasteiger partial charge is 0.494 e. The van der Waals surface area contributed by atoms with Crippen LogP contribution in [0.4, 0.5) is 0 Å². The predicted molar refractivity (Wildman–Crippen MR) is 95.5 cm³/mol. The summed E-state index contributed by atoms with van der Waals surface area (Å²) in [5, 5.41) is 23.1. The monoisotopic (exact) mass is 359 g/mol. The molecule has 1 unspecified atom stereocenters. The van der Waals surface area contributed by atoms with Crippen LogP contribution in [0.2, 0.25) is 0 Å². The molecule has 0 bridgehead atoms. The van der Waals surface area contributed by atoms with E-state index >= 15 is 0 Å². The van der Waals surface area contributed by atoms with Crippen molar-refractivity contribution in [2.24, 2.45) is 0 Å². The highest BCUT2D eigenvalue weighted by molar-refractivity contribution is 5.76. The number of rotatable bonds is 7. The summed E-state index contributed by atoms with van der Waals surface area (Å²) in [5.74, 6) is 0.911. The first-order valence-electron chi connectivity index (χ1n) is 8.98. The van der Waals surface area contributed by atoms with Gasteiger partial charge in [0.15, 0.2) is 0 Å². The van der Waals surface area contributed by atoms with Crippen LogP contribution in [0.15, 0.2) is 36.4 Å². The first kappa shape index (κ1) is 18.4. The van der Waals surface area contributed by atoms with Gasteiger partial charge in [0, 0.05) is 19.5 Å². The molecule has 26 heavy (non-hydrogen) atoms. The summed E-state index contributed by atoms with van der Waals surface area (Å²) in [5.41, 5.74) is 1.34. The topological polar surface area (TPSA) is 87.8 Å². The minimum absolute atomic E-state index is 0.0977. The quantitative estimate of drug-likeness (QED) is 0.732. The van der Waals surface area contributed by atoms with E-state index in [4.69, 9.17) is 9.84 Å². The lowest BCUT2D eigenvalue weighted by molar-refractivity contribution is -0.132. The average Bonchev–Trinajstić information content (AvgIpc) is 2.96. The zero-order chi connectivity index (χ0) is 18.4. The van der Waals surface area contributed by atoms with Crippen LogP contribution in [-0.2, 0) is 17.9 Å². The smallest absolute Gasteiger partial charge is 0.223 e. The number of carbonyl (C=O) groups excluding carboxylic acids is 1. The van der Waals surface area contributed by atoms with E-state index in [0.717, 1.165) is 17.9 Å². The van der Waals surface area contributed by atoms with Gasteiger partial charge in [0.2, 0.25) is 5.91 Å². The van der Waals surface area contributed by atoms with Crippen molar-refractivity contribution in [1.82, 2.24) is 14.7 Å². The standard InChI is InChI=1S/C19H25N3O4/c23-14-18(24)17-12-15-13-21(9-5-10-22(15)20-17)19(25)8-4-11-26-16-6-2-1-3-7-16/h1-3,6-7,12,18,23-24H,4-5,8-11,13-14H2. The zero-order valence-corrected chi connectivity index (χ0v) is 14.8. The van der Waals surface area contributed by atoms with Crippen molar-refractivity contribution >= 4 is 5.91 Å². The molecule has 0 saturated carbocycles. The SMILES string of the molecule is O=C(CCCOc1ccccc1)N1CCCn2nc(C(O)CO)cc2C1. The summed E-state index contributed by atoms with van der Waals surface area (Å²) in [4.78, 5) is 14.4. The van der Waals surface area contributed by atoms with E-state index in [1.54, 1.807) is 6.07 Å². The summed E-state index contributed by atoms with van der Waals surface area (Å²) in [6.07, 6.45) is 0.939. The van der Waals surface area contributed by atoms with Crippen molar-refractivity contribution in [3.63, 3.8) is 0 Å². The molecule has 0 fully saturated rings. The molecular formula is C19H25N3O4. The number of carbonyl (C=O) groups is 1. The Balaban J connectivity index is 1.50. The number of fused-ring (bicyclic) bond motifs is 1. The van der Waals surface area contributed by atoms with Gasteiger partial charge in [-0.2, -0.15) is 5.10 Å². The molecule has 0 saturated heterocycles. The van der Waals surface area contributed by atoms with Crippen molar-refractivity contribution in [1.29, 1.82) is 0 Å². The summed E-state index contributed by atoms with van der Waals surface area (Å²) in [7, 11) is 0. The van der Waals surface area contributed by atoms with Crippen molar-refractivity contribution < 1.29 is 19.7 Å². The first-order valence-corrected chi connectivity index (χ1v) is 8.98. The zero-order valence-electron chi connectivity index (χ0n) is 14.8. The molecule has 2 heterocycles. The maximum absolute atomic E-state index is 12.5. The Morgan fingerprint density at radius 2 is 2.08 bits per heavy atom. The maximum atomic E-state index is 12.5. The Kier molecular flexibility index (Phi) is 6.25. The molecule has 1 aromatic carbocycles. The first-order chi connectivity index (χ1) is 12.7. The minimum Gasteiger partial charge on any atom is -0.494 e. The van der Waals surface area contributed by atoms with Crippen LogP contribution >= 0.6 is 0 Å². The van der Waals surface area contributed by atoms with E-state index in [2.05, 4.69) is 5.10 Å². The Morgan fingerprint density at radius 1 is 1.27 bits per heavy atom. The minimum atomic E-state index is -0.978. The number of hydrogen-bond acceptors (Lipinski definition) is 5. The highest BCUT2D eigenvalue weighted by Gasteiger charge is 2.22. The Morgan fingerprint density at radius 3 is 2.85 bits per heavy atom. The number of benzene rings is 1. The Bertz CT molecular complexity index is 717. The number of ether oxygens (including phenoxy) is 1. The summed E-state index contributed by atoms with van der Waals surface area (Å²) < 4.78 is 7.45. The lowest BCUT2D eigenvalue weighted by Gasteiger charge is -2.20. The molecule has 0 radical (unpaired) electrons. The predicted octanol–water partition coefficient (Wildman–Crippen LogP) is 1.50. The lowest BCUT2D eigenvalue weighted by Crippen LogP contribution is -2.30. The fourth-order valence-corrected chi connectivity index (χ4v) is 3.04. The third-order valence-electron chi connectivity index (χ3n) is 4.45. The van der Waals surface area contributed by atoms with E-state index in [1.165, 1.54) is 0 Å². The number of aromatic nitrogens is 2. The van der Waals surface area contributed by atoms with Crippen molar-refractivity contribution in [3.8, 4) is 5.75 Å². The van der Waals surface area contributed by atoms with E-state index in [9.17, 15) is 9.90 Å². The fourth-order valence-electron chi connectivity index (χ4n) is 3.04.